The number of morpholine rings is 1. The third kappa shape index (κ3) is 4.17. The summed E-state index contributed by atoms with van der Waals surface area (Å²) < 4.78 is 33.0. The maximum absolute atomic E-state index is 12.6. The molecule has 0 saturated carbocycles. The van der Waals surface area contributed by atoms with E-state index in [9.17, 15) is 13.2 Å². The highest BCUT2D eigenvalue weighted by Crippen LogP contribution is 2.23. The molecule has 8 heteroatoms. The summed E-state index contributed by atoms with van der Waals surface area (Å²) in [5.41, 5.74) is 1.53. The van der Waals surface area contributed by atoms with Crippen LogP contribution >= 0.6 is 11.6 Å². The maximum atomic E-state index is 12.6. The molecule has 2 aromatic rings. The fourth-order valence-corrected chi connectivity index (χ4v) is 3.88. The highest BCUT2D eigenvalue weighted by Gasteiger charge is 2.21. The molecule has 0 aliphatic carbocycles. The Labute approximate surface area is 157 Å². The molecule has 26 heavy (non-hydrogen) atoms. The van der Waals surface area contributed by atoms with Crippen molar-refractivity contribution in [3.05, 3.63) is 58.6 Å². The Hall–Kier alpha value is -2.09. The van der Waals surface area contributed by atoms with Gasteiger partial charge in [-0.05, 0) is 48.9 Å². The lowest BCUT2D eigenvalue weighted by atomic mass is 10.1. The summed E-state index contributed by atoms with van der Waals surface area (Å²) >= 11 is 5.81. The van der Waals surface area contributed by atoms with Crippen LogP contribution in [0.1, 0.15) is 15.9 Å². The lowest BCUT2D eigenvalue weighted by molar-refractivity contribution is 0.0303. The monoisotopic (exact) mass is 394 g/mol. The molecule has 1 fully saturated rings. The van der Waals surface area contributed by atoms with Crippen molar-refractivity contribution in [1.29, 1.82) is 0 Å². The largest absolute Gasteiger partial charge is 0.378 e. The molecule has 0 aromatic heterocycles. The molecule has 1 aliphatic rings. The van der Waals surface area contributed by atoms with Gasteiger partial charge >= 0.3 is 0 Å². The molecule has 1 saturated heterocycles. The number of hydrogen-bond donors (Lipinski definition) is 1. The minimum atomic E-state index is -3.77. The molecule has 0 spiro atoms. The Balaban J connectivity index is 1.85. The van der Waals surface area contributed by atoms with Crippen LogP contribution in [0.15, 0.2) is 47.4 Å². The van der Waals surface area contributed by atoms with E-state index in [4.69, 9.17) is 16.3 Å². The predicted octanol–water partition coefficient (Wildman–Crippen LogP) is 2.92. The molecule has 1 heterocycles. The van der Waals surface area contributed by atoms with Crippen molar-refractivity contribution in [3.8, 4) is 0 Å². The van der Waals surface area contributed by atoms with Crippen molar-refractivity contribution < 1.29 is 17.9 Å². The molecule has 138 valence electrons. The number of carbonyl (C=O) groups excluding carboxylic acids is 1. The first kappa shape index (κ1) is 18.7. The van der Waals surface area contributed by atoms with E-state index >= 15 is 0 Å². The van der Waals surface area contributed by atoms with Gasteiger partial charge in [-0.25, -0.2) is 8.42 Å². The van der Waals surface area contributed by atoms with Gasteiger partial charge in [0.2, 0.25) is 0 Å². The number of rotatable bonds is 4. The number of hydrogen-bond acceptors (Lipinski definition) is 4. The van der Waals surface area contributed by atoms with Crippen molar-refractivity contribution in [2.45, 2.75) is 11.8 Å². The van der Waals surface area contributed by atoms with Crippen LogP contribution < -0.4 is 4.72 Å². The number of anilines is 1. The van der Waals surface area contributed by atoms with E-state index < -0.39 is 10.0 Å². The number of nitrogens with one attached hydrogen (secondary N) is 1. The van der Waals surface area contributed by atoms with E-state index in [1.54, 1.807) is 30.0 Å². The van der Waals surface area contributed by atoms with E-state index in [-0.39, 0.29) is 10.8 Å². The molecule has 6 nitrogen and oxygen atoms in total. The van der Waals surface area contributed by atoms with Crippen LogP contribution in [0.25, 0.3) is 0 Å². The molecule has 3 rings (SSSR count). The van der Waals surface area contributed by atoms with E-state index in [1.165, 1.54) is 24.3 Å². The van der Waals surface area contributed by atoms with Crippen LogP contribution in [-0.4, -0.2) is 45.5 Å². The molecule has 0 atom stereocenters. The van der Waals surface area contributed by atoms with Gasteiger partial charge in [-0.1, -0.05) is 17.7 Å². The SMILES string of the molecule is Cc1ccc(C(=O)N2CCOCC2)cc1NS(=O)(=O)c1ccc(Cl)cc1. The van der Waals surface area contributed by atoms with Crippen molar-refractivity contribution in [1.82, 2.24) is 4.90 Å². The predicted molar refractivity (Wildman–Crippen MR) is 100 cm³/mol. The van der Waals surface area contributed by atoms with Gasteiger partial charge in [-0.15, -0.1) is 0 Å². The fraction of sp³-hybridized carbons (Fsp3) is 0.278. The summed E-state index contributed by atoms with van der Waals surface area (Å²) in [6.45, 7) is 3.85. The van der Waals surface area contributed by atoms with Gasteiger partial charge in [0.1, 0.15) is 0 Å². The van der Waals surface area contributed by atoms with Crippen LogP contribution in [0, 0.1) is 6.92 Å². The molecule has 1 aliphatic heterocycles. The van der Waals surface area contributed by atoms with Gasteiger partial charge in [0.15, 0.2) is 0 Å². The summed E-state index contributed by atoms with van der Waals surface area (Å²) in [7, 11) is -3.77. The highest BCUT2D eigenvalue weighted by atomic mass is 35.5. The van der Waals surface area contributed by atoms with Gasteiger partial charge in [0, 0.05) is 23.7 Å². The minimum Gasteiger partial charge on any atom is -0.378 e. The van der Waals surface area contributed by atoms with E-state index in [0.29, 0.717) is 42.6 Å². The van der Waals surface area contributed by atoms with Crippen molar-refractivity contribution in [2.24, 2.45) is 0 Å². The normalized spacial score (nSPS) is 14.9. The van der Waals surface area contributed by atoms with Gasteiger partial charge in [0.05, 0.1) is 23.8 Å². The second-order valence-electron chi connectivity index (χ2n) is 5.99. The fourth-order valence-electron chi connectivity index (χ4n) is 2.63. The van der Waals surface area contributed by atoms with Crippen molar-refractivity contribution in [2.75, 3.05) is 31.0 Å². The topological polar surface area (TPSA) is 75.7 Å². The number of halogens is 1. The van der Waals surface area contributed by atoms with E-state index in [2.05, 4.69) is 4.72 Å². The first-order valence-electron chi connectivity index (χ1n) is 8.13. The van der Waals surface area contributed by atoms with Crippen LogP contribution in [0.5, 0.6) is 0 Å². The average Bonchev–Trinajstić information content (AvgIpc) is 2.64. The summed E-state index contributed by atoms with van der Waals surface area (Å²) in [6, 6.07) is 10.9. The third-order valence-electron chi connectivity index (χ3n) is 4.15. The molecular weight excluding hydrogens is 376 g/mol. The molecule has 0 radical (unpaired) electrons. The smallest absolute Gasteiger partial charge is 0.261 e. The first-order chi connectivity index (χ1) is 12.4. The third-order valence-corrected chi connectivity index (χ3v) is 5.78. The second kappa shape index (κ2) is 7.65. The van der Waals surface area contributed by atoms with Gasteiger partial charge in [0.25, 0.3) is 15.9 Å². The molecule has 0 unspecified atom stereocenters. The zero-order valence-electron chi connectivity index (χ0n) is 14.2. The molecule has 1 amide bonds. The lowest BCUT2D eigenvalue weighted by Gasteiger charge is -2.27. The number of carbonyl (C=O) groups is 1. The number of aryl methyl sites for hydroxylation is 1. The van der Waals surface area contributed by atoms with Gasteiger partial charge in [-0.2, -0.15) is 0 Å². The van der Waals surface area contributed by atoms with Crippen molar-refractivity contribution in [3.63, 3.8) is 0 Å². The summed E-state index contributed by atoms with van der Waals surface area (Å²) in [5, 5.41) is 0.457. The van der Waals surface area contributed by atoms with E-state index in [0.717, 1.165) is 5.56 Å². The number of sulfonamides is 1. The lowest BCUT2D eigenvalue weighted by Crippen LogP contribution is -2.40. The van der Waals surface area contributed by atoms with E-state index in [1.807, 2.05) is 0 Å². The van der Waals surface area contributed by atoms with Crippen LogP contribution in [0.3, 0.4) is 0 Å². The molecular formula is C18H19ClN2O4S. The Bertz CT molecular complexity index is 907. The molecule has 1 N–H and O–H groups in total. The number of amides is 1. The van der Waals surface area contributed by atoms with Gasteiger partial charge < -0.3 is 9.64 Å². The summed E-state index contributed by atoms with van der Waals surface area (Å²) in [4.78, 5) is 14.4. The Morgan fingerprint density at radius 1 is 1.12 bits per heavy atom. The minimum absolute atomic E-state index is 0.103. The Morgan fingerprint density at radius 2 is 1.77 bits per heavy atom. The zero-order valence-corrected chi connectivity index (χ0v) is 15.8. The van der Waals surface area contributed by atoms with Crippen molar-refractivity contribution >= 4 is 33.2 Å². The standard InChI is InChI=1S/C18H19ClN2O4S/c1-13-2-3-14(18(22)21-8-10-25-11-9-21)12-17(13)20-26(23,24)16-6-4-15(19)5-7-16/h2-7,12,20H,8-11H2,1H3. The van der Waals surface area contributed by atoms with Crippen LogP contribution in [0.2, 0.25) is 5.02 Å². The average molecular weight is 395 g/mol. The highest BCUT2D eigenvalue weighted by molar-refractivity contribution is 7.92. The first-order valence-corrected chi connectivity index (χ1v) is 9.99. The number of benzene rings is 2. The van der Waals surface area contributed by atoms with Gasteiger partial charge in [-0.3, -0.25) is 9.52 Å². The summed E-state index contributed by atoms with van der Waals surface area (Å²) in [5.74, 6) is -0.139. The number of ether oxygens (including phenoxy) is 1. The molecule has 2 aromatic carbocycles. The Morgan fingerprint density at radius 3 is 2.42 bits per heavy atom. The summed E-state index contributed by atoms with van der Waals surface area (Å²) in [6.07, 6.45) is 0. The quantitative estimate of drug-likeness (QED) is 0.865. The molecule has 0 bridgehead atoms. The van der Waals surface area contributed by atoms with Crippen LogP contribution in [-0.2, 0) is 14.8 Å². The van der Waals surface area contributed by atoms with Crippen LogP contribution in [0.4, 0.5) is 5.69 Å². The zero-order chi connectivity index (χ0) is 18.7. The maximum Gasteiger partial charge on any atom is 0.261 e. The number of nitrogens with zero attached hydrogens (tertiary/aromatic N) is 1. The Kier molecular flexibility index (Phi) is 5.50. The second-order valence-corrected chi connectivity index (χ2v) is 8.11.